The summed E-state index contributed by atoms with van der Waals surface area (Å²) >= 11 is 0. The predicted molar refractivity (Wildman–Crippen MR) is 49.8 cm³/mol. The number of ether oxygens (including phenoxy) is 1. The number of aromatic nitrogens is 1. The van der Waals surface area contributed by atoms with Gasteiger partial charge >= 0.3 is 5.97 Å². The van der Waals surface area contributed by atoms with E-state index in [4.69, 9.17) is 5.26 Å². The Morgan fingerprint density at radius 3 is 2.64 bits per heavy atom. The first-order valence-electron chi connectivity index (χ1n) is 4.06. The van der Waals surface area contributed by atoms with Gasteiger partial charge in [-0.2, -0.15) is 5.26 Å². The van der Waals surface area contributed by atoms with E-state index in [9.17, 15) is 4.79 Å². The summed E-state index contributed by atoms with van der Waals surface area (Å²) in [6.45, 7) is 3.53. The average Bonchev–Trinajstić information content (AvgIpc) is 2.21. The highest BCUT2D eigenvalue weighted by Crippen LogP contribution is 2.14. The van der Waals surface area contributed by atoms with Crippen LogP contribution in [-0.4, -0.2) is 18.1 Å². The minimum Gasteiger partial charge on any atom is -0.464 e. The van der Waals surface area contributed by atoms with Gasteiger partial charge in [-0.05, 0) is 25.0 Å². The van der Waals surface area contributed by atoms with Crippen molar-refractivity contribution in [2.75, 3.05) is 7.11 Å². The van der Waals surface area contributed by atoms with E-state index in [1.54, 1.807) is 13.8 Å². The van der Waals surface area contributed by atoms with Crippen LogP contribution in [0.2, 0.25) is 0 Å². The number of nitriles is 1. The van der Waals surface area contributed by atoms with Crippen LogP contribution >= 0.6 is 0 Å². The van der Waals surface area contributed by atoms with Crippen LogP contribution in [0.3, 0.4) is 0 Å². The highest BCUT2D eigenvalue weighted by molar-refractivity contribution is 5.89. The van der Waals surface area contributed by atoms with Gasteiger partial charge in [0.2, 0.25) is 0 Å². The number of methoxy groups -OCH3 is 1. The summed E-state index contributed by atoms with van der Waals surface area (Å²) in [6, 6.07) is 2.01. The fraction of sp³-hybridized carbons (Fsp3) is 0.300. The lowest BCUT2D eigenvalue weighted by molar-refractivity contribution is 0.0593. The van der Waals surface area contributed by atoms with Crippen molar-refractivity contribution in [1.29, 1.82) is 5.26 Å². The normalized spacial score (nSPS) is 9.29. The molecule has 0 unspecified atom stereocenters. The van der Waals surface area contributed by atoms with Crippen molar-refractivity contribution in [3.8, 4) is 6.07 Å². The van der Waals surface area contributed by atoms with Crippen molar-refractivity contribution >= 4 is 5.97 Å². The Hall–Kier alpha value is -1.89. The lowest BCUT2D eigenvalue weighted by atomic mass is 10.0. The fourth-order valence-electron chi connectivity index (χ4n) is 1.12. The molecule has 1 aromatic rings. The van der Waals surface area contributed by atoms with E-state index in [1.807, 2.05) is 6.07 Å². The van der Waals surface area contributed by atoms with Crippen LogP contribution < -0.4 is 0 Å². The minimum absolute atomic E-state index is 0.268. The third kappa shape index (κ3) is 1.57. The molecule has 0 aliphatic heterocycles. The average molecular weight is 190 g/mol. The number of hydrogen-bond donors (Lipinski definition) is 0. The third-order valence-electron chi connectivity index (χ3n) is 2.14. The van der Waals surface area contributed by atoms with Crippen LogP contribution in [0.4, 0.5) is 0 Å². The zero-order chi connectivity index (χ0) is 10.7. The van der Waals surface area contributed by atoms with Crippen molar-refractivity contribution in [2.24, 2.45) is 0 Å². The van der Waals surface area contributed by atoms with Crippen LogP contribution in [0.15, 0.2) is 6.20 Å². The molecular weight excluding hydrogens is 180 g/mol. The van der Waals surface area contributed by atoms with Gasteiger partial charge < -0.3 is 4.74 Å². The second-order valence-corrected chi connectivity index (χ2v) is 2.87. The molecule has 1 heterocycles. The van der Waals surface area contributed by atoms with Crippen LogP contribution in [0.1, 0.15) is 27.2 Å². The molecule has 0 spiro atoms. The number of carbonyl (C=O) groups is 1. The second kappa shape index (κ2) is 3.88. The Morgan fingerprint density at radius 1 is 1.50 bits per heavy atom. The molecule has 0 saturated carbocycles. The first-order chi connectivity index (χ1) is 6.61. The van der Waals surface area contributed by atoms with Gasteiger partial charge in [-0.1, -0.05) is 0 Å². The monoisotopic (exact) mass is 190 g/mol. The molecule has 0 aliphatic rings. The lowest BCUT2D eigenvalue weighted by Gasteiger charge is -2.06. The van der Waals surface area contributed by atoms with Crippen LogP contribution in [0.25, 0.3) is 0 Å². The van der Waals surface area contributed by atoms with Crippen molar-refractivity contribution in [1.82, 2.24) is 4.98 Å². The Bertz CT molecular complexity index is 419. The molecule has 0 saturated heterocycles. The topological polar surface area (TPSA) is 63.0 Å². The predicted octanol–water partition coefficient (Wildman–Crippen LogP) is 1.36. The molecule has 4 nitrogen and oxygen atoms in total. The minimum atomic E-state index is -0.477. The van der Waals surface area contributed by atoms with Gasteiger partial charge in [0.25, 0.3) is 0 Å². The maximum atomic E-state index is 11.2. The van der Waals surface area contributed by atoms with E-state index in [1.165, 1.54) is 13.3 Å². The van der Waals surface area contributed by atoms with Crippen molar-refractivity contribution in [3.63, 3.8) is 0 Å². The third-order valence-corrected chi connectivity index (χ3v) is 2.14. The highest BCUT2D eigenvalue weighted by atomic mass is 16.5. The molecule has 0 aromatic carbocycles. The van der Waals surface area contributed by atoms with Crippen molar-refractivity contribution < 1.29 is 9.53 Å². The van der Waals surface area contributed by atoms with Crippen molar-refractivity contribution in [3.05, 3.63) is 28.6 Å². The largest absolute Gasteiger partial charge is 0.464 e. The lowest BCUT2D eigenvalue weighted by Crippen LogP contribution is -2.08. The number of carbonyl (C=O) groups excluding carboxylic acids is 1. The molecule has 1 rings (SSSR count). The summed E-state index contributed by atoms with van der Waals surface area (Å²) in [4.78, 5) is 15.1. The number of esters is 1. The summed E-state index contributed by atoms with van der Waals surface area (Å²) in [7, 11) is 1.30. The Kier molecular flexibility index (Phi) is 2.82. The van der Waals surface area contributed by atoms with Gasteiger partial charge in [-0.25, -0.2) is 9.78 Å². The Morgan fingerprint density at radius 2 is 2.14 bits per heavy atom. The Labute approximate surface area is 82.1 Å². The summed E-state index contributed by atoms with van der Waals surface area (Å²) in [5.41, 5.74) is 2.21. The van der Waals surface area contributed by atoms with Crippen LogP contribution in [0, 0.1) is 25.2 Å². The molecule has 0 aliphatic carbocycles. The summed E-state index contributed by atoms with van der Waals surface area (Å²) < 4.78 is 4.56. The van der Waals surface area contributed by atoms with E-state index in [2.05, 4.69) is 9.72 Å². The van der Waals surface area contributed by atoms with Gasteiger partial charge in [-0.15, -0.1) is 0 Å². The van der Waals surface area contributed by atoms with E-state index in [-0.39, 0.29) is 5.69 Å². The Balaban J connectivity index is 3.33. The molecule has 72 valence electrons. The van der Waals surface area contributed by atoms with Gasteiger partial charge in [0.1, 0.15) is 6.07 Å². The summed E-state index contributed by atoms with van der Waals surface area (Å²) in [6.07, 6.45) is 1.38. The number of pyridine rings is 1. The molecule has 4 heteroatoms. The zero-order valence-electron chi connectivity index (χ0n) is 8.29. The summed E-state index contributed by atoms with van der Waals surface area (Å²) in [5.74, 6) is -0.477. The van der Waals surface area contributed by atoms with Gasteiger partial charge in [0.05, 0.1) is 12.7 Å². The first-order valence-corrected chi connectivity index (χ1v) is 4.06. The van der Waals surface area contributed by atoms with Gasteiger partial charge in [-0.3, -0.25) is 0 Å². The molecule has 14 heavy (non-hydrogen) atoms. The molecule has 0 bridgehead atoms. The fourth-order valence-corrected chi connectivity index (χ4v) is 1.12. The summed E-state index contributed by atoms with van der Waals surface area (Å²) in [5, 5.41) is 8.72. The van der Waals surface area contributed by atoms with Crippen LogP contribution in [-0.2, 0) is 4.74 Å². The maximum absolute atomic E-state index is 11.2. The quantitative estimate of drug-likeness (QED) is 0.627. The van der Waals surface area contributed by atoms with Crippen molar-refractivity contribution in [2.45, 2.75) is 13.8 Å². The second-order valence-electron chi connectivity index (χ2n) is 2.87. The molecule has 0 amide bonds. The van der Waals surface area contributed by atoms with E-state index >= 15 is 0 Å². The first kappa shape index (κ1) is 10.2. The number of rotatable bonds is 1. The van der Waals surface area contributed by atoms with Gasteiger partial charge in [0, 0.05) is 6.20 Å². The number of hydrogen-bond acceptors (Lipinski definition) is 4. The maximum Gasteiger partial charge on any atom is 0.356 e. The molecule has 1 aromatic heterocycles. The smallest absolute Gasteiger partial charge is 0.356 e. The van der Waals surface area contributed by atoms with E-state index in [0.717, 1.165) is 5.56 Å². The molecule has 0 atom stereocenters. The van der Waals surface area contributed by atoms with Crippen LogP contribution in [0.5, 0.6) is 0 Å². The molecule has 0 N–H and O–H groups in total. The standard InChI is InChI=1S/C10H10N2O2/c1-6-7(2)9(10(13)14-3)12-5-8(6)4-11/h5H,1-3H3. The van der Waals surface area contributed by atoms with E-state index in [0.29, 0.717) is 11.1 Å². The highest BCUT2D eigenvalue weighted by Gasteiger charge is 2.14. The van der Waals surface area contributed by atoms with Gasteiger partial charge in [0.15, 0.2) is 5.69 Å². The van der Waals surface area contributed by atoms with E-state index < -0.39 is 5.97 Å². The molecule has 0 fully saturated rings. The zero-order valence-corrected chi connectivity index (χ0v) is 8.29. The molecular formula is C10H10N2O2. The number of nitrogens with zero attached hydrogens (tertiary/aromatic N) is 2. The SMILES string of the molecule is COC(=O)c1ncc(C#N)c(C)c1C. The molecule has 0 radical (unpaired) electrons.